The van der Waals surface area contributed by atoms with Gasteiger partial charge in [0, 0.05) is 6.54 Å². The third-order valence-electron chi connectivity index (χ3n) is 4.11. The van der Waals surface area contributed by atoms with Crippen LogP contribution >= 0.6 is 0 Å². The van der Waals surface area contributed by atoms with E-state index < -0.39 is 6.10 Å². The SMILES string of the molecule is CC[C@@H](Oc1cccc(C)c1C)C(=O)NCCc1ccc(F)cc1. The van der Waals surface area contributed by atoms with E-state index in [9.17, 15) is 9.18 Å². The predicted octanol–water partition coefficient (Wildman–Crippen LogP) is 3.96. The lowest BCUT2D eigenvalue weighted by molar-refractivity contribution is -0.128. The number of aryl methyl sites for hydroxylation is 1. The standard InChI is InChI=1S/C20H24FNO2/c1-4-18(24-19-7-5-6-14(2)15(19)3)20(23)22-13-12-16-8-10-17(21)11-9-16/h5-11,18H,4,12-13H2,1-3H3,(H,22,23)/t18-/m1/s1. The summed E-state index contributed by atoms with van der Waals surface area (Å²) < 4.78 is 18.8. The minimum Gasteiger partial charge on any atom is -0.480 e. The molecule has 0 spiro atoms. The van der Waals surface area contributed by atoms with E-state index in [0.717, 1.165) is 22.4 Å². The summed E-state index contributed by atoms with van der Waals surface area (Å²) >= 11 is 0. The Labute approximate surface area is 142 Å². The number of ether oxygens (including phenoxy) is 1. The van der Waals surface area contributed by atoms with E-state index in [1.807, 2.05) is 39.0 Å². The van der Waals surface area contributed by atoms with Crippen molar-refractivity contribution < 1.29 is 13.9 Å². The molecule has 2 rings (SSSR count). The second kappa shape index (κ2) is 8.48. The molecular formula is C20H24FNO2. The fourth-order valence-electron chi connectivity index (χ4n) is 2.42. The lowest BCUT2D eigenvalue weighted by atomic mass is 10.1. The zero-order valence-electron chi connectivity index (χ0n) is 14.4. The van der Waals surface area contributed by atoms with E-state index >= 15 is 0 Å². The highest BCUT2D eigenvalue weighted by atomic mass is 19.1. The van der Waals surface area contributed by atoms with Crippen molar-refractivity contribution in [2.24, 2.45) is 0 Å². The van der Waals surface area contributed by atoms with Crippen LogP contribution < -0.4 is 10.1 Å². The lowest BCUT2D eigenvalue weighted by Crippen LogP contribution is -2.39. The fraction of sp³-hybridized carbons (Fsp3) is 0.350. The van der Waals surface area contributed by atoms with Gasteiger partial charge in [-0.15, -0.1) is 0 Å². The Hall–Kier alpha value is -2.36. The average molecular weight is 329 g/mol. The number of nitrogens with one attached hydrogen (secondary N) is 1. The molecule has 1 amide bonds. The van der Waals surface area contributed by atoms with Gasteiger partial charge >= 0.3 is 0 Å². The first kappa shape index (κ1) is 18.0. The van der Waals surface area contributed by atoms with Crippen molar-refractivity contribution in [3.8, 4) is 5.75 Å². The molecule has 0 unspecified atom stereocenters. The van der Waals surface area contributed by atoms with Crippen molar-refractivity contribution in [3.05, 3.63) is 65.0 Å². The van der Waals surface area contributed by atoms with Crippen molar-refractivity contribution in [1.29, 1.82) is 0 Å². The molecule has 24 heavy (non-hydrogen) atoms. The first-order valence-electron chi connectivity index (χ1n) is 8.26. The van der Waals surface area contributed by atoms with Crippen molar-refractivity contribution >= 4 is 5.91 Å². The van der Waals surface area contributed by atoms with Crippen LogP contribution in [0.4, 0.5) is 4.39 Å². The van der Waals surface area contributed by atoms with Crippen LogP contribution in [0, 0.1) is 19.7 Å². The van der Waals surface area contributed by atoms with E-state index in [-0.39, 0.29) is 11.7 Å². The van der Waals surface area contributed by atoms with Gasteiger partial charge in [-0.2, -0.15) is 0 Å². The van der Waals surface area contributed by atoms with Gasteiger partial charge in [0.2, 0.25) is 0 Å². The van der Waals surface area contributed by atoms with Crippen molar-refractivity contribution in [2.75, 3.05) is 6.54 Å². The van der Waals surface area contributed by atoms with E-state index in [1.54, 1.807) is 12.1 Å². The predicted molar refractivity (Wildman–Crippen MR) is 93.7 cm³/mol. The molecule has 128 valence electrons. The molecule has 0 aliphatic heterocycles. The summed E-state index contributed by atoms with van der Waals surface area (Å²) in [6.45, 7) is 6.43. The Kier molecular flexibility index (Phi) is 6.36. The summed E-state index contributed by atoms with van der Waals surface area (Å²) in [6, 6.07) is 12.1. The molecule has 0 saturated heterocycles. The summed E-state index contributed by atoms with van der Waals surface area (Å²) in [4.78, 5) is 12.3. The number of amides is 1. The van der Waals surface area contributed by atoms with Crippen molar-refractivity contribution in [2.45, 2.75) is 39.7 Å². The molecule has 0 fully saturated rings. The molecule has 3 nitrogen and oxygen atoms in total. The first-order chi connectivity index (χ1) is 11.5. The van der Waals surface area contributed by atoms with E-state index in [0.29, 0.717) is 19.4 Å². The van der Waals surface area contributed by atoms with E-state index in [1.165, 1.54) is 12.1 Å². The topological polar surface area (TPSA) is 38.3 Å². The molecule has 0 heterocycles. The average Bonchev–Trinajstić information content (AvgIpc) is 2.58. The Morgan fingerprint density at radius 2 is 1.88 bits per heavy atom. The molecule has 2 aromatic carbocycles. The first-order valence-corrected chi connectivity index (χ1v) is 8.26. The Morgan fingerprint density at radius 3 is 2.54 bits per heavy atom. The highest BCUT2D eigenvalue weighted by Gasteiger charge is 2.18. The maximum Gasteiger partial charge on any atom is 0.261 e. The second-order valence-electron chi connectivity index (χ2n) is 5.88. The van der Waals surface area contributed by atoms with Crippen LogP contribution in [0.1, 0.15) is 30.0 Å². The zero-order chi connectivity index (χ0) is 17.5. The van der Waals surface area contributed by atoms with Gasteiger partial charge in [0.1, 0.15) is 11.6 Å². The van der Waals surface area contributed by atoms with Crippen LogP contribution in [-0.4, -0.2) is 18.6 Å². The number of hydrogen-bond donors (Lipinski definition) is 1. The summed E-state index contributed by atoms with van der Waals surface area (Å²) in [7, 11) is 0. The third-order valence-corrected chi connectivity index (χ3v) is 4.11. The molecule has 0 aliphatic carbocycles. The quantitative estimate of drug-likeness (QED) is 0.835. The third kappa shape index (κ3) is 4.82. The van der Waals surface area contributed by atoms with Gasteiger partial charge in [0.15, 0.2) is 6.10 Å². The molecule has 0 radical (unpaired) electrons. The van der Waals surface area contributed by atoms with Gasteiger partial charge in [0.05, 0.1) is 0 Å². The summed E-state index contributed by atoms with van der Waals surface area (Å²) in [5.41, 5.74) is 3.18. The largest absolute Gasteiger partial charge is 0.480 e. The minimum absolute atomic E-state index is 0.125. The molecule has 2 aromatic rings. The summed E-state index contributed by atoms with van der Waals surface area (Å²) in [5, 5.41) is 2.89. The van der Waals surface area contributed by atoms with Gasteiger partial charge < -0.3 is 10.1 Å². The number of benzene rings is 2. The lowest BCUT2D eigenvalue weighted by Gasteiger charge is -2.19. The van der Waals surface area contributed by atoms with E-state index in [4.69, 9.17) is 4.74 Å². The summed E-state index contributed by atoms with van der Waals surface area (Å²) in [5.74, 6) is 0.367. The summed E-state index contributed by atoms with van der Waals surface area (Å²) in [6.07, 6.45) is 0.737. The highest BCUT2D eigenvalue weighted by molar-refractivity contribution is 5.81. The maximum atomic E-state index is 12.9. The van der Waals surface area contributed by atoms with Crippen molar-refractivity contribution in [1.82, 2.24) is 5.32 Å². The molecule has 0 aromatic heterocycles. The molecule has 0 aliphatic rings. The van der Waals surface area contributed by atoms with Gasteiger partial charge in [0.25, 0.3) is 5.91 Å². The van der Waals surface area contributed by atoms with Crippen LogP contribution in [0.15, 0.2) is 42.5 Å². The van der Waals surface area contributed by atoms with Crippen LogP contribution in [-0.2, 0) is 11.2 Å². The van der Waals surface area contributed by atoms with Gasteiger partial charge in [-0.05, 0) is 61.6 Å². The number of halogens is 1. The Bertz CT molecular complexity index is 683. The molecule has 1 atom stereocenters. The Balaban J connectivity index is 1.89. The molecule has 1 N–H and O–H groups in total. The van der Waals surface area contributed by atoms with Crippen molar-refractivity contribution in [3.63, 3.8) is 0 Å². The Morgan fingerprint density at radius 1 is 1.17 bits per heavy atom. The van der Waals surface area contributed by atoms with Crippen LogP contribution in [0.2, 0.25) is 0 Å². The monoisotopic (exact) mass is 329 g/mol. The normalized spacial score (nSPS) is 11.8. The zero-order valence-corrected chi connectivity index (χ0v) is 14.4. The van der Waals surface area contributed by atoms with Gasteiger partial charge in [-0.3, -0.25) is 4.79 Å². The van der Waals surface area contributed by atoms with Crippen LogP contribution in [0.3, 0.4) is 0 Å². The number of carbonyl (C=O) groups is 1. The minimum atomic E-state index is -0.515. The molecule has 0 saturated carbocycles. The van der Waals surface area contributed by atoms with Crippen LogP contribution in [0.5, 0.6) is 5.75 Å². The highest BCUT2D eigenvalue weighted by Crippen LogP contribution is 2.22. The van der Waals surface area contributed by atoms with Crippen LogP contribution in [0.25, 0.3) is 0 Å². The fourth-order valence-corrected chi connectivity index (χ4v) is 2.42. The maximum absolute atomic E-state index is 12.9. The number of carbonyl (C=O) groups excluding carboxylic acids is 1. The number of rotatable bonds is 7. The van der Waals surface area contributed by atoms with E-state index in [2.05, 4.69) is 5.32 Å². The second-order valence-corrected chi connectivity index (χ2v) is 5.88. The van der Waals surface area contributed by atoms with Gasteiger partial charge in [-0.1, -0.05) is 31.2 Å². The number of hydrogen-bond acceptors (Lipinski definition) is 2. The smallest absolute Gasteiger partial charge is 0.261 e. The molecule has 4 heteroatoms. The molecule has 0 bridgehead atoms. The molecular weight excluding hydrogens is 305 g/mol. The van der Waals surface area contributed by atoms with Gasteiger partial charge in [-0.25, -0.2) is 4.39 Å².